The number of benzene rings is 1. The molecule has 1 aromatic heterocycles. The smallest absolute Gasteiger partial charge is 0.407 e. The SMILES string of the molecule is CO.Cc1[nH]c2c(C(N)=O)cc(F)c(N3CCCC(NC(=O)OC(C)(C)C)C3)c2c1C. The number of primary amides is 1. The van der Waals surface area contributed by atoms with Crippen LogP contribution in [0.15, 0.2) is 6.07 Å². The number of alkyl carbamates (subject to hydrolysis) is 1. The Labute approximate surface area is 181 Å². The number of carbonyl (C=O) groups excluding carboxylic acids is 2. The van der Waals surface area contributed by atoms with Gasteiger partial charge in [-0.25, -0.2) is 9.18 Å². The van der Waals surface area contributed by atoms with Gasteiger partial charge in [0, 0.05) is 37.3 Å². The first-order valence-electron chi connectivity index (χ1n) is 10.3. The van der Waals surface area contributed by atoms with Gasteiger partial charge in [-0.2, -0.15) is 0 Å². The van der Waals surface area contributed by atoms with E-state index in [2.05, 4.69) is 10.3 Å². The number of nitrogens with two attached hydrogens (primary N) is 1. The number of aryl methyl sites for hydroxylation is 2. The van der Waals surface area contributed by atoms with Crippen molar-refractivity contribution in [2.24, 2.45) is 5.73 Å². The molecule has 31 heavy (non-hydrogen) atoms. The number of halogens is 1. The highest BCUT2D eigenvalue weighted by Gasteiger charge is 2.29. The molecule has 2 heterocycles. The summed E-state index contributed by atoms with van der Waals surface area (Å²) in [5, 5.41) is 10.5. The molecule has 1 unspecified atom stereocenters. The summed E-state index contributed by atoms with van der Waals surface area (Å²) in [5.41, 5.74) is 7.73. The van der Waals surface area contributed by atoms with Gasteiger partial charge in [0.2, 0.25) is 0 Å². The Bertz CT molecular complexity index is 965. The molecule has 3 rings (SSSR count). The summed E-state index contributed by atoms with van der Waals surface area (Å²) in [6, 6.07) is 1.03. The van der Waals surface area contributed by atoms with Crippen molar-refractivity contribution in [3.05, 3.63) is 28.7 Å². The lowest BCUT2D eigenvalue weighted by atomic mass is 10.0. The first-order chi connectivity index (χ1) is 14.5. The van der Waals surface area contributed by atoms with E-state index in [0.717, 1.165) is 31.2 Å². The Hall–Kier alpha value is -2.81. The molecule has 1 aliphatic heterocycles. The van der Waals surface area contributed by atoms with Crippen LogP contribution < -0.4 is 16.0 Å². The Kier molecular flexibility index (Phi) is 7.54. The van der Waals surface area contributed by atoms with E-state index in [1.807, 2.05) is 39.5 Å². The summed E-state index contributed by atoms with van der Waals surface area (Å²) in [4.78, 5) is 29.1. The van der Waals surface area contributed by atoms with Gasteiger partial charge < -0.3 is 30.8 Å². The van der Waals surface area contributed by atoms with Gasteiger partial charge in [-0.1, -0.05) is 0 Å². The maximum Gasteiger partial charge on any atom is 0.407 e. The number of anilines is 1. The minimum atomic E-state index is -0.676. The van der Waals surface area contributed by atoms with Crippen LogP contribution in [-0.4, -0.2) is 53.9 Å². The lowest BCUT2D eigenvalue weighted by Crippen LogP contribution is -2.49. The van der Waals surface area contributed by atoms with Crippen molar-refractivity contribution < 1.29 is 23.8 Å². The van der Waals surface area contributed by atoms with Crippen molar-refractivity contribution in [3.63, 3.8) is 0 Å². The minimum Gasteiger partial charge on any atom is -0.444 e. The molecular weight excluding hydrogens is 403 g/mol. The summed E-state index contributed by atoms with van der Waals surface area (Å²) >= 11 is 0. The van der Waals surface area contributed by atoms with Gasteiger partial charge in [0.1, 0.15) is 11.4 Å². The Morgan fingerprint density at radius 2 is 1.97 bits per heavy atom. The number of aromatic amines is 1. The fourth-order valence-corrected chi connectivity index (χ4v) is 3.88. The highest BCUT2D eigenvalue weighted by molar-refractivity contribution is 6.10. The molecule has 0 radical (unpaired) electrons. The normalized spacial score (nSPS) is 16.5. The zero-order valence-corrected chi connectivity index (χ0v) is 19.1. The number of H-pyrrole nitrogens is 1. The minimum absolute atomic E-state index is 0.137. The second-order valence-electron chi connectivity index (χ2n) is 8.68. The lowest BCUT2D eigenvalue weighted by Gasteiger charge is -2.35. The van der Waals surface area contributed by atoms with E-state index >= 15 is 4.39 Å². The number of aliphatic hydroxyl groups excluding tert-OH is 1. The number of hydrogen-bond donors (Lipinski definition) is 4. The number of ether oxygens (including phenoxy) is 1. The van der Waals surface area contributed by atoms with Crippen LogP contribution in [0.4, 0.5) is 14.9 Å². The summed E-state index contributed by atoms with van der Waals surface area (Å²) in [5.74, 6) is -1.17. The van der Waals surface area contributed by atoms with Gasteiger partial charge in [-0.05, 0) is 59.1 Å². The van der Waals surface area contributed by atoms with Crippen LogP contribution in [0.5, 0.6) is 0 Å². The Morgan fingerprint density at radius 1 is 1.32 bits per heavy atom. The van der Waals surface area contributed by atoms with Gasteiger partial charge in [0.25, 0.3) is 5.91 Å². The monoisotopic (exact) mass is 436 g/mol. The van der Waals surface area contributed by atoms with Crippen LogP contribution in [0, 0.1) is 19.7 Å². The maximum absolute atomic E-state index is 15.2. The third-order valence-electron chi connectivity index (χ3n) is 5.23. The number of rotatable bonds is 3. The molecule has 0 saturated carbocycles. The second-order valence-corrected chi connectivity index (χ2v) is 8.68. The van der Waals surface area contributed by atoms with Crippen molar-refractivity contribution in [2.45, 2.75) is 59.1 Å². The van der Waals surface area contributed by atoms with Crippen LogP contribution >= 0.6 is 0 Å². The van der Waals surface area contributed by atoms with E-state index < -0.39 is 23.4 Å². The van der Waals surface area contributed by atoms with E-state index in [4.69, 9.17) is 15.6 Å². The quantitative estimate of drug-likeness (QED) is 0.589. The average molecular weight is 437 g/mol. The van der Waals surface area contributed by atoms with Crippen LogP contribution in [0.2, 0.25) is 0 Å². The van der Waals surface area contributed by atoms with Crippen molar-refractivity contribution in [1.29, 1.82) is 0 Å². The first kappa shape index (κ1) is 24.5. The number of nitrogens with zero attached hydrogens (tertiary/aromatic N) is 1. The molecule has 0 spiro atoms. The number of amides is 2. The maximum atomic E-state index is 15.2. The fourth-order valence-electron chi connectivity index (χ4n) is 3.88. The topological polar surface area (TPSA) is 121 Å². The molecule has 2 amide bonds. The molecule has 1 aliphatic rings. The first-order valence-corrected chi connectivity index (χ1v) is 10.3. The van der Waals surface area contributed by atoms with Crippen molar-refractivity contribution in [3.8, 4) is 0 Å². The third-order valence-corrected chi connectivity index (χ3v) is 5.23. The molecule has 1 atom stereocenters. The molecule has 0 aliphatic carbocycles. The van der Waals surface area contributed by atoms with Crippen molar-refractivity contribution in [2.75, 3.05) is 25.1 Å². The van der Waals surface area contributed by atoms with E-state index in [-0.39, 0.29) is 11.6 Å². The lowest BCUT2D eigenvalue weighted by molar-refractivity contribution is 0.0499. The third kappa shape index (κ3) is 5.46. The van der Waals surface area contributed by atoms with Crippen LogP contribution in [0.1, 0.15) is 55.2 Å². The fraction of sp³-hybridized carbons (Fsp3) is 0.545. The molecular formula is C22H33FN4O4. The highest BCUT2D eigenvalue weighted by atomic mass is 19.1. The van der Waals surface area contributed by atoms with E-state index in [9.17, 15) is 9.59 Å². The number of fused-ring (bicyclic) bond motifs is 1. The number of hydrogen-bond acceptors (Lipinski definition) is 5. The summed E-state index contributed by atoms with van der Waals surface area (Å²) < 4.78 is 20.5. The van der Waals surface area contributed by atoms with Crippen LogP contribution in [-0.2, 0) is 4.74 Å². The number of carbonyl (C=O) groups is 2. The van der Waals surface area contributed by atoms with Crippen molar-refractivity contribution in [1.82, 2.24) is 10.3 Å². The standard InChI is InChI=1S/C21H29FN4O3.CH4O/c1-11-12(2)24-17-14(19(23)27)9-15(22)18(16(11)17)26-8-6-7-13(10-26)25-20(28)29-21(3,4)5;1-2/h9,13,24H,6-8,10H2,1-5H3,(H2,23,27)(H,25,28);2H,1H3. The summed E-state index contributed by atoms with van der Waals surface area (Å²) in [7, 11) is 1.00. The second kappa shape index (κ2) is 9.55. The number of piperidine rings is 1. The van der Waals surface area contributed by atoms with E-state index in [1.54, 1.807) is 0 Å². The molecule has 0 bridgehead atoms. The zero-order valence-electron chi connectivity index (χ0n) is 19.1. The summed E-state index contributed by atoms with van der Waals surface area (Å²) in [6.07, 6.45) is 1.10. The van der Waals surface area contributed by atoms with Crippen LogP contribution in [0.3, 0.4) is 0 Å². The van der Waals surface area contributed by atoms with E-state index in [0.29, 0.717) is 29.7 Å². The molecule has 9 heteroatoms. The van der Waals surface area contributed by atoms with Gasteiger partial charge in [0.15, 0.2) is 0 Å². The number of aromatic nitrogens is 1. The zero-order chi connectivity index (χ0) is 23.5. The predicted molar refractivity (Wildman–Crippen MR) is 119 cm³/mol. The largest absolute Gasteiger partial charge is 0.444 e. The molecule has 172 valence electrons. The molecule has 1 saturated heterocycles. The van der Waals surface area contributed by atoms with Crippen molar-refractivity contribution >= 4 is 28.6 Å². The molecule has 2 aromatic rings. The number of nitrogens with one attached hydrogen (secondary N) is 2. The predicted octanol–water partition coefficient (Wildman–Crippen LogP) is 3.12. The van der Waals surface area contributed by atoms with E-state index in [1.165, 1.54) is 6.07 Å². The Balaban J connectivity index is 0.00000166. The molecule has 1 fully saturated rings. The van der Waals surface area contributed by atoms with Gasteiger partial charge >= 0.3 is 6.09 Å². The Morgan fingerprint density at radius 3 is 2.55 bits per heavy atom. The number of aliphatic hydroxyl groups is 1. The van der Waals surface area contributed by atoms with Gasteiger partial charge in [-0.3, -0.25) is 4.79 Å². The van der Waals surface area contributed by atoms with Gasteiger partial charge in [0.05, 0.1) is 16.8 Å². The van der Waals surface area contributed by atoms with Crippen LogP contribution in [0.25, 0.3) is 10.9 Å². The van der Waals surface area contributed by atoms with Gasteiger partial charge in [-0.15, -0.1) is 0 Å². The molecule has 5 N–H and O–H groups in total. The molecule has 8 nitrogen and oxygen atoms in total. The summed E-state index contributed by atoms with van der Waals surface area (Å²) in [6.45, 7) is 10.3. The molecule has 1 aromatic carbocycles. The average Bonchev–Trinajstić information content (AvgIpc) is 2.96. The highest BCUT2D eigenvalue weighted by Crippen LogP contribution is 2.37.